The summed E-state index contributed by atoms with van der Waals surface area (Å²) in [5, 5.41) is 27.0. The van der Waals surface area contributed by atoms with E-state index >= 15 is 0 Å². The van der Waals surface area contributed by atoms with Gasteiger partial charge in [0.1, 0.15) is 18.2 Å². The standard InChI is InChI=1S/C9H13N5O4/c15-5-1-6(8(16)17)14(3-5)9(18)10-2-7-11-4-12-13-7/h4-6,15H,1-3H2,(H,10,18)(H,16,17)(H,11,12,13)/t5-,6-/m0/s1. The molecule has 4 N–H and O–H groups in total. The van der Waals surface area contributed by atoms with Gasteiger partial charge in [-0.05, 0) is 0 Å². The first-order valence-electron chi connectivity index (χ1n) is 5.37. The molecule has 2 atom stereocenters. The van der Waals surface area contributed by atoms with E-state index in [1.807, 2.05) is 0 Å². The lowest BCUT2D eigenvalue weighted by molar-refractivity contribution is -0.141. The van der Waals surface area contributed by atoms with Gasteiger partial charge in [-0.15, -0.1) is 0 Å². The van der Waals surface area contributed by atoms with Crippen LogP contribution in [-0.4, -0.2) is 61.0 Å². The Morgan fingerprint density at radius 3 is 3.00 bits per heavy atom. The number of aliphatic hydroxyl groups is 1. The average molecular weight is 255 g/mol. The number of likely N-dealkylation sites (tertiary alicyclic amines) is 1. The van der Waals surface area contributed by atoms with Crippen LogP contribution in [0.4, 0.5) is 4.79 Å². The molecule has 0 aromatic carbocycles. The molecule has 1 aromatic heterocycles. The van der Waals surface area contributed by atoms with Gasteiger partial charge in [0.15, 0.2) is 0 Å². The second-order valence-corrected chi connectivity index (χ2v) is 3.99. The topological polar surface area (TPSA) is 131 Å². The first-order valence-corrected chi connectivity index (χ1v) is 5.37. The third kappa shape index (κ3) is 2.56. The van der Waals surface area contributed by atoms with Gasteiger partial charge in [0.05, 0.1) is 12.6 Å². The second kappa shape index (κ2) is 5.00. The molecule has 1 fully saturated rings. The van der Waals surface area contributed by atoms with E-state index in [0.717, 1.165) is 4.90 Å². The number of rotatable bonds is 3. The molecule has 9 heteroatoms. The second-order valence-electron chi connectivity index (χ2n) is 3.99. The minimum absolute atomic E-state index is 0.0131. The largest absolute Gasteiger partial charge is 0.480 e. The smallest absolute Gasteiger partial charge is 0.326 e. The summed E-state index contributed by atoms with van der Waals surface area (Å²) in [7, 11) is 0. The Balaban J connectivity index is 1.93. The van der Waals surface area contributed by atoms with Crippen LogP contribution in [0.15, 0.2) is 6.33 Å². The van der Waals surface area contributed by atoms with E-state index in [2.05, 4.69) is 20.5 Å². The number of aliphatic hydroxyl groups excluding tert-OH is 1. The van der Waals surface area contributed by atoms with Gasteiger partial charge in [-0.25, -0.2) is 14.6 Å². The molecular weight excluding hydrogens is 242 g/mol. The van der Waals surface area contributed by atoms with Crippen LogP contribution in [0.5, 0.6) is 0 Å². The molecule has 0 aliphatic carbocycles. The highest BCUT2D eigenvalue weighted by Gasteiger charge is 2.38. The third-order valence-electron chi connectivity index (χ3n) is 2.70. The molecule has 0 unspecified atom stereocenters. The highest BCUT2D eigenvalue weighted by Crippen LogP contribution is 2.18. The SMILES string of the molecule is O=C(O)[C@@H]1C[C@H](O)CN1C(=O)NCc1ncn[nH]1. The first kappa shape index (κ1) is 12.3. The zero-order valence-corrected chi connectivity index (χ0v) is 9.41. The lowest BCUT2D eigenvalue weighted by atomic mass is 10.2. The fourth-order valence-corrected chi connectivity index (χ4v) is 1.85. The molecule has 0 spiro atoms. The molecule has 2 heterocycles. The van der Waals surface area contributed by atoms with Gasteiger partial charge in [-0.1, -0.05) is 0 Å². The molecule has 98 valence electrons. The van der Waals surface area contributed by atoms with E-state index < -0.39 is 24.1 Å². The summed E-state index contributed by atoms with van der Waals surface area (Å²) in [5.41, 5.74) is 0. The zero-order valence-electron chi connectivity index (χ0n) is 9.41. The summed E-state index contributed by atoms with van der Waals surface area (Å²) in [6.07, 6.45) is 0.550. The molecule has 0 radical (unpaired) electrons. The van der Waals surface area contributed by atoms with Crippen LogP contribution in [0, 0.1) is 0 Å². The summed E-state index contributed by atoms with van der Waals surface area (Å²) in [6.45, 7) is 0.136. The number of carboxylic acid groups (broad SMARTS) is 1. The summed E-state index contributed by atoms with van der Waals surface area (Å²) >= 11 is 0. The normalized spacial score (nSPS) is 23.1. The quantitative estimate of drug-likeness (QED) is 0.521. The van der Waals surface area contributed by atoms with E-state index in [-0.39, 0.29) is 19.5 Å². The van der Waals surface area contributed by atoms with Gasteiger partial charge in [0.2, 0.25) is 0 Å². The third-order valence-corrected chi connectivity index (χ3v) is 2.70. The van der Waals surface area contributed by atoms with Gasteiger partial charge in [0, 0.05) is 13.0 Å². The number of aliphatic carboxylic acids is 1. The van der Waals surface area contributed by atoms with Crippen LogP contribution in [0.3, 0.4) is 0 Å². The highest BCUT2D eigenvalue weighted by atomic mass is 16.4. The fraction of sp³-hybridized carbons (Fsp3) is 0.556. The zero-order chi connectivity index (χ0) is 13.1. The molecular formula is C9H13N5O4. The number of aromatic nitrogens is 3. The van der Waals surface area contributed by atoms with Crippen LogP contribution >= 0.6 is 0 Å². The first-order chi connectivity index (χ1) is 8.58. The molecule has 1 aliphatic rings. The number of hydrogen-bond donors (Lipinski definition) is 4. The monoisotopic (exact) mass is 255 g/mol. The van der Waals surface area contributed by atoms with E-state index in [1.165, 1.54) is 6.33 Å². The maximum Gasteiger partial charge on any atom is 0.326 e. The number of carbonyl (C=O) groups is 2. The summed E-state index contributed by atoms with van der Waals surface area (Å²) in [4.78, 5) is 27.6. The Labute approximate surface area is 102 Å². The fourth-order valence-electron chi connectivity index (χ4n) is 1.85. The van der Waals surface area contributed by atoms with Gasteiger partial charge >= 0.3 is 12.0 Å². The van der Waals surface area contributed by atoms with E-state index in [0.29, 0.717) is 5.82 Å². The number of β-amino-alcohol motifs (C(OH)–C–C–N with tert-alkyl or cyclic N) is 1. The summed E-state index contributed by atoms with van der Waals surface area (Å²) in [6, 6.07) is -1.54. The maximum atomic E-state index is 11.8. The van der Waals surface area contributed by atoms with Crippen molar-refractivity contribution in [3.05, 3.63) is 12.2 Å². The van der Waals surface area contributed by atoms with E-state index in [1.54, 1.807) is 0 Å². The molecule has 2 rings (SSSR count). The number of nitrogens with one attached hydrogen (secondary N) is 2. The van der Waals surface area contributed by atoms with Crippen molar-refractivity contribution >= 4 is 12.0 Å². The lowest BCUT2D eigenvalue weighted by Crippen LogP contribution is -2.46. The maximum absolute atomic E-state index is 11.8. The van der Waals surface area contributed by atoms with Gasteiger partial charge in [-0.2, -0.15) is 5.10 Å². The average Bonchev–Trinajstić information content (AvgIpc) is 2.94. The van der Waals surface area contributed by atoms with Gasteiger partial charge in [-0.3, -0.25) is 5.10 Å². The van der Waals surface area contributed by atoms with E-state index in [4.69, 9.17) is 5.11 Å². The van der Waals surface area contributed by atoms with Crippen molar-refractivity contribution in [1.29, 1.82) is 0 Å². The Bertz CT molecular complexity index is 434. The minimum atomic E-state index is -1.12. The number of H-pyrrole nitrogens is 1. The number of hydrogen-bond acceptors (Lipinski definition) is 5. The van der Waals surface area contributed by atoms with Crippen molar-refractivity contribution in [1.82, 2.24) is 25.4 Å². The van der Waals surface area contributed by atoms with Crippen LogP contribution < -0.4 is 5.32 Å². The predicted octanol–water partition coefficient (Wildman–Crippen LogP) is -1.47. The molecule has 18 heavy (non-hydrogen) atoms. The minimum Gasteiger partial charge on any atom is -0.480 e. The molecule has 2 amide bonds. The number of urea groups is 1. The lowest BCUT2D eigenvalue weighted by Gasteiger charge is -2.21. The summed E-state index contributed by atoms with van der Waals surface area (Å²) < 4.78 is 0. The Morgan fingerprint density at radius 1 is 1.61 bits per heavy atom. The van der Waals surface area contributed by atoms with Gasteiger partial charge < -0.3 is 20.4 Å². The van der Waals surface area contributed by atoms with Crippen molar-refractivity contribution in [2.75, 3.05) is 6.54 Å². The molecule has 0 bridgehead atoms. The van der Waals surface area contributed by atoms with Crippen molar-refractivity contribution in [2.45, 2.75) is 25.1 Å². The number of carbonyl (C=O) groups excluding carboxylic acids is 1. The molecule has 1 aromatic rings. The highest BCUT2D eigenvalue weighted by molar-refractivity contribution is 5.83. The predicted molar refractivity (Wildman–Crippen MR) is 57.4 cm³/mol. The van der Waals surface area contributed by atoms with Crippen molar-refractivity contribution in [3.8, 4) is 0 Å². The van der Waals surface area contributed by atoms with Crippen LogP contribution in [0.1, 0.15) is 12.2 Å². The van der Waals surface area contributed by atoms with Gasteiger partial charge in [0.25, 0.3) is 0 Å². The van der Waals surface area contributed by atoms with E-state index in [9.17, 15) is 14.7 Å². The Hall–Kier alpha value is -2.16. The van der Waals surface area contributed by atoms with Crippen LogP contribution in [0.25, 0.3) is 0 Å². The Kier molecular flexibility index (Phi) is 3.42. The number of amides is 2. The molecule has 0 saturated carbocycles. The number of carboxylic acids is 1. The van der Waals surface area contributed by atoms with Crippen molar-refractivity contribution in [3.63, 3.8) is 0 Å². The summed E-state index contributed by atoms with van der Waals surface area (Å²) in [5.74, 6) is -0.656. The molecule has 1 aliphatic heterocycles. The molecule has 9 nitrogen and oxygen atoms in total. The number of aromatic amines is 1. The Morgan fingerprint density at radius 2 is 2.39 bits per heavy atom. The van der Waals surface area contributed by atoms with Crippen LogP contribution in [0.2, 0.25) is 0 Å². The van der Waals surface area contributed by atoms with Crippen molar-refractivity contribution in [2.24, 2.45) is 0 Å². The molecule has 1 saturated heterocycles. The van der Waals surface area contributed by atoms with Crippen molar-refractivity contribution < 1.29 is 19.8 Å². The number of nitrogens with zero attached hydrogens (tertiary/aromatic N) is 3. The van der Waals surface area contributed by atoms with Crippen LogP contribution in [-0.2, 0) is 11.3 Å².